The molecule has 3 rings (SSSR count). The summed E-state index contributed by atoms with van der Waals surface area (Å²) in [6.07, 6.45) is 2.62. The molecular formula is C18H26ClFN2O. The highest BCUT2D eigenvalue weighted by molar-refractivity contribution is 5.85. The van der Waals surface area contributed by atoms with Crippen molar-refractivity contribution < 1.29 is 9.18 Å². The van der Waals surface area contributed by atoms with Crippen molar-refractivity contribution in [3.8, 4) is 0 Å². The van der Waals surface area contributed by atoms with Crippen LogP contribution in [0.2, 0.25) is 0 Å². The highest BCUT2D eigenvalue weighted by atomic mass is 35.5. The zero-order chi connectivity index (χ0) is 15.7. The zero-order valence-electron chi connectivity index (χ0n) is 13.8. The van der Waals surface area contributed by atoms with E-state index in [1.165, 1.54) is 6.07 Å². The average Bonchev–Trinajstić information content (AvgIpc) is 2.88. The second kappa shape index (κ2) is 7.63. The van der Waals surface area contributed by atoms with Crippen LogP contribution in [0.15, 0.2) is 24.3 Å². The number of hydrogen-bond donors (Lipinski definition) is 1. The van der Waals surface area contributed by atoms with Gasteiger partial charge in [0.25, 0.3) is 0 Å². The summed E-state index contributed by atoms with van der Waals surface area (Å²) >= 11 is 0. The quantitative estimate of drug-likeness (QED) is 0.893. The van der Waals surface area contributed by atoms with Gasteiger partial charge in [0, 0.05) is 24.1 Å². The van der Waals surface area contributed by atoms with Crippen molar-refractivity contribution in [3.63, 3.8) is 0 Å². The molecule has 0 bridgehead atoms. The summed E-state index contributed by atoms with van der Waals surface area (Å²) in [6, 6.07) is 7.16. The Bertz CT molecular complexity index is 554. The molecule has 2 saturated heterocycles. The number of likely N-dealkylation sites (tertiary alicyclic amines) is 1. The Labute approximate surface area is 144 Å². The fraction of sp³-hybridized carbons (Fsp3) is 0.611. The van der Waals surface area contributed by atoms with Gasteiger partial charge in [-0.25, -0.2) is 4.39 Å². The zero-order valence-corrected chi connectivity index (χ0v) is 14.6. The SMILES string of the molecule is CC1CC(c2ccccc2F)N(C(=O)[C@H]2CCN[C@@H](C)C2)C1.Cl. The summed E-state index contributed by atoms with van der Waals surface area (Å²) in [5.41, 5.74) is 0.669. The van der Waals surface area contributed by atoms with Crippen molar-refractivity contribution in [1.29, 1.82) is 0 Å². The molecule has 2 aliphatic heterocycles. The smallest absolute Gasteiger partial charge is 0.226 e. The van der Waals surface area contributed by atoms with Gasteiger partial charge < -0.3 is 10.2 Å². The van der Waals surface area contributed by atoms with Crippen molar-refractivity contribution in [1.82, 2.24) is 10.2 Å². The van der Waals surface area contributed by atoms with Gasteiger partial charge in [-0.15, -0.1) is 12.4 Å². The normalized spacial score (nSPS) is 30.8. The molecule has 4 atom stereocenters. The summed E-state index contributed by atoms with van der Waals surface area (Å²) in [5.74, 6) is 0.521. The van der Waals surface area contributed by atoms with E-state index in [-0.39, 0.29) is 36.1 Å². The van der Waals surface area contributed by atoms with Crippen LogP contribution in [0.3, 0.4) is 0 Å². The molecule has 1 amide bonds. The number of carbonyl (C=O) groups excluding carboxylic acids is 1. The van der Waals surface area contributed by atoms with Crippen LogP contribution in [0.1, 0.15) is 44.7 Å². The van der Waals surface area contributed by atoms with E-state index in [9.17, 15) is 9.18 Å². The van der Waals surface area contributed by atoms with Crippen molar-refractivity contribution in [2.45, 2.75) is 45.2 Å². The Hall–Kier alpha value is -1.13. The lowest BCUT2D eigenvalue weighted by atomic mass is 9.91. The lowest BCUT2D eigenvalue weighted by Gasteiger charge is -2.33. The lowest BCUT2D eigenvalue weighted by Crippen LogP contribution is -2.44. The predicted molar refractivity (Wildman–Crippen MR) is 92.1 cm³/mol. The van der Waals surface area contributed by atoms with Gasteiger partial charge in [0.05, 0.1) is 6.04 Å². The number of benzene rings is 1. The molecule has 5 heteroatoms. The maximum Gasteiger partial charge on any atom is 0.226 e. The summed E-state index contributed by atoms with van der Waals surface area (Å²) in [6.45, 7) is 5.91. The van der Waals surface area contributed by atoms with Crippen LogP contribution in [-0.4, -0.2) is 29.9 Å². The molecule has 2 unspecified atom stereocenters. The van der Waals surface area contributed by atoms with Gasteiger partial charge in [0.1, 0.15) is 5.82 Å². The molecule has 1 aromatic carbocycles. The summed E-state index contributed by atoms with van der Waals surface area (Å²) < 4.78 is 14.2. The summed E-state index contributed by atoms with van der Waals surface area (Å²) in [4.78, 5) is 14.9. The molecule has 3 nitrogen and oxygen atoms in total. The molecule has 1 aromatic rings. The van der Waals surface area contributed by atoms with E-state index in [1.54, 1.807) is 6.07 Å². The minimum absolute atomic E-state index is 0. The van der Waals surface area contributed by atoms with E-state index in [4.69, 9.17) is 0 Å². The Morgan fingerprint density at radius 3 is 2.70 bits per heavy atom. The average molecular weight is 341 g/mol. The van der Waals surface area contributed by atoms with Gasteiger partial charge >= 0.3 is 0 Å². The first-order chi connectivity index (χ1) is 10.6. The van der Waals surface area contributed by atoms with E-state index < -0.39 is 0 Å². The third-order valence-electron chi connectivity index (χ3n) is 5.03. The molecule has 2 aliphatic rings. The second-order valence-electron chi connectivity index (χ2n) is 6.95. The van der Waals surface area contributed by atoms with Crippen molar-refractivity contribution >= 4 is 18.3 Å². The monoisotopic (exact) mass is 340 g/mol. The van der Waals surface area contributed by atoms with E-state index in [0.29, 0.717) is 17.5 Å². The highest BCUT2D eigenvalue weighted by Gasteiger charge is 2.38. The van der Waals surface area contributed by atoms with Crippen LogP contribution in [0.4, 0.5) is 4.39 Å². The number of hydrogen-bond acceptors (Lipinski definition) is 2. The van der Waals surface area contributed by atoms with Crippen LogP contribution in [-0.2, 0) is 4.79 Å². The molecule has 0 saturated carbocycles. The predicted octanol–water partition coefficient (Wildman–Crippen LogP) is 3.55. The molecule has 23 heavy (non-hydrogen) atoms. The van der Waals surface area contributed by atoms with E-state index in [1.807, 2.05) is 17.0 Å². The van der Waals surface area contributed by atoms with Crippen LogP contribution in [0, 0.1) is 17.7 Å². The number of rotatable bonds is 2. The minimum Gasteiger partial charge on any atom is -0.335 e. The molecular weight excluding hydrogens is 315 g/mol. The van der Waals surface area contributed by atoms with Crippen LogP contribution in [0.5, 0.6) is 0 Å². The van der Waals surface area contributed by atoms with Crippen molar-refractivity contribution in [2.75, 3.05) is 13.1 Å². The fourth-order valence-electron chi connectivity index (χ4n) is 3.92. The van der Waals surface area contributed by atoms with Gasteiger partial charge in [0.15, 0.2) is 0 Å². The van der Waals surface area contributed by atoms with Crippen LogP contribution < -0.4 is 5.32 Å². The number of carbonyl (C=O) groups is 1. The van der Waals surface area contributed by atoms with Gasteiger partial charge in [0.2, 0.25) is 5.91 Å². The fourth-order valence-corrected chi connectivity index (χ4v) is 3.92. The molecule has 0 spiro atoms. The topological polar surface area (TPSA) is 32.3 Å². The van der Waals surface area contributed by atoms with Crippen LogP contribution in [0.25, 0.3) is 0 Å². The van der Waals surface area contributed by atoms with Gasteiger partial charge in [-0.05, 0) is 44.7 Å². The summed E-state index contributed by atoms with van der Waals surface area (Å²) in [7, 11) is 0. The Morgan fingerprint density at radius 2 is 2.00 bits per heavy atom. The number of amides is 1. The molecule has 128 valence electrons. The Kier molecular flexibility index (Phi) is 6.04. The number of nitrogens with one attached hydrogen (secondary N) is 1. The van der Waals surface area contributed by atoms with E-state index in [0.717, 1.165) is 32.4 Å². The largest absolute Gasteiger partial charge is 0.335 e. The first-order valence-electron chi connectivity index (χ1n) is 8.34. The summed E-state index contributed by atoms with van der Waals surface area (Å²) in [5, 5.41) is 3.39. The van der Waals surface area contributed by atoms with Crippen molar-refractivity contribution in [3.05, 3.63) is 35.6 Å². The maximum absolute atomic E-state index is 14.2. The lowest BCUT2D eigenvalue weighted by molar-refractivity contribution is -0.137. The molecule has 0 aromatic heterocycles. The van der Waals surface area contributed by atoms with E-state index >= 15 is 0 Å². The molecule has 2 heterocycles. The second-order valence-corrected chi connectivity index (χ2v) is 6.95. The standard InChI is InChI=1S/C18H25FN2O.ClH/c1-12-9-17(15-5-3-4-6-16(15)19)21(11-12)18(22)14-7-8-20-13(2)10-14;/h3-6,12-14,17,20H,7-11H2,1-2H3;1H/t12?,13-,14-,17?;/m0./s1. The van der Waals surface area contributed by atoms with Gasteiger partial charge in [-0.1, -0.05) is 25.1 Å². The van der Waals surface area contributed by atoms with Crippen molar-refractivity contribution in [2.24, 2.45) is 11.8 Å². The molecule has 0 aliphatic carbocycles. The Balaban J connectivity index is 0.00000192. The third-order valence-corrected chi connectivity index (χ3v) is 5.03. The maximum atomic E-state index is 14.2. The van der Waals surface area contributed by atoms with Crippen LogP contribution >= 0.6 is 12.4 Å². The molecule has 0 radical (unpaired) electrons. The molecule has 2 fully saturated rings. The molecule has 1 N–H and O–H groups in total. The van der Waals surface area contributed by atoms with E-state index in [2.05, 4.69) is 19.2 Å². The Morgan fingerprint density at radius 1 is 1.26 bits per heavy atom. The minimum atomic E-state index is -0.196. The first kappa shape index (κ1) is 18.2. The van der Waals surface area contributed by atoms with Gasteiger partial charge in [-0.2, -0.15) is 0 Å². The first-order valence-corrected chi connectivity index (χ1v) is 8.34. The number of halogens is 2. The third kappa shape index (κ3) is 3.86. The number of piperidine rings is 1. The van der Waals surface area contributed by atoms with Gasteiger partial charge in [-0.3, -0.25) is 4.79 Å². The number of nitrogens with zero attached hydrogens (tertiary/aromatic N) is 1. The highest BCUT2D eigenvalue weighted by Crippen LogP contribution is 2.38.